The predicted octanol–water partition coefficient (Wildman–Crippen LogP) is 3.71. The molecule has 0 aliphatic heterocycles. The maximum Gasteiger partial charge on any atom is 0.348 e. The molecule has 0 saturated carbocycles. The molecule has 1 N–H and O–H groups in total. The molecule has 178 valence electrons. The Morgan fingerprint density at radius 2 is 1.73 bits per heavy atom. The highest BCUT2D eigenvalue weighted by Gasteiger charge is 2.27. The molecule has 0 unspecified atom stereocenters. The smallest absolute Gasteiger partial charge is 0.348 e. The average Bonchev–Trinajstić information content (AvgIpc) is 3.13. The summed E-state index contributed by atoms with van der Waals surface area (Å²) in [5, 5.41) is 2.86. The van der Waals surface area contributed by atoms with Crippen molar-refractivity contribution in [1.29, 1.82) is 0 Å². The SMILES string of the molecule is CCOC(=O)c1c(NC(=O)/C=C/c2ccc(OC)c(OC)c2)sc(C(=O)OCCOC)c1C. The first-order valence-corrected chi connectivity index (χ1v) is 10.9. The largest absolute Gasteiger partial charge is 0.493 e. The molecule has 1 amide bonds. The van der Waals surface area contributed by atoms with Crippen molar-refractivity contribution < 1.29 is 38.1 Å². The van der Waals surface area contributed by atoms with Crippen molar-refractivity contribution in [2.45, 2.75) is 13.8 Å². The summed E-state index contributed by atoms with van der Waals surface area (Å²) in [7, 11) is 4.55. The van der Waals surface area contributed by atoms with Crippen molar-refractivity contribution in [3.8, 4) is 11.5 Å². The van der Waals surface area contributed by atoms with Crippen molar-refractivity contribution in [3.63, 3.8) is 0 Å². The van der Waals surface area contributed by atoms with E-state index in [0.29, 0.717) is 22.6 Å². The van der Waals surface area contributed by atoms with Crippen LogP contribution in [0.1, 0.15) is 38.1 Å². The number of carbonyl (C=O) groups is 3. The van der Waals surface area contributed by atoms with E-state index < -0.39 is 17.8 Å². The lowest BCUT2D eigenvalue weighted by molar-refractivity contribution is -0.111. The van der Waals surface area contributed by atoms with Gasteiger partial charge in [-0.25, -0.2) is 9.59 Å². The first kappa shape index (κ1) is 25.9. The maximum absolute atomic E-state index is 12.6. The molecule has 0 fully saturated rings. The van der Waals surface area contributed by atoms with Gasteiger partial charge in [0, 0.05) is 13.2 Å². The van der Waals surface area contributed by atoms with Crippen LogP contribution >= 0.6 is 11.3 Å². The fraction of sp³-hybridized carbons (Fsp3) is 0.348. The zero-order valence-electron chi connectivity index (χ0n) is 19.2. The van der Waals surface area contributed by atoms with Crippen LogP contribution in [0.25, 0.3) is 6.08 Å². The number of methoxy groups -OCH3 is 3. The van der Waals surface area contributed by atoms with E-state index in [1.807, 2.05) is 0 Å². The predicted molar refractivity (Wildman–Crippen MR) is 124 cm³/mol. The van der Waals surface area contributed by atoms with Gasteiger partial charge in [0.25, 0.3) is 0 Å². The Hall–Kier alpha value is -3.37. The van der Waals surface area contributed by atoms with E-state index in [9.17, 15) is 14.4 Å². The van der Waals surface area contributed by atoms with Crippen LogP contribution in [0.15, 0.2) is 24.3 Å². The van der Waals surface area contributed by atoms with Gasteiger partial charge in [0.05, 0.1) is 33.0 Å². The summed E-state index contributed by atoms with van der Waals surface area (Å²) in [5.41, 5.74) is 1.20. The number of rotatable bonds is 11. The molecule has 0 aliphatic rings. The van der Waals surface area contributed by atoms with Crippen molar-refractivity contribution in [2.75, 3.05) is 46.5 Å². The molecular weight excluding hydrogens is 450 g/mol. The van der Waals surface area contributed by atoms with Gasteiger partial charge in [-0.15, -0.1) is 11.3 Å². The molecule has 1 aromatic heterocycles. The second-order valence-electron chi connectivity index (χ2n) is 6.55. The van der Waals surface area contributed by atoms with Gasteiger partial charge in [0.1, 0.15) is 16.5 Å². The van der Waals surface area contributed by atoms with E-state index in [4.69, 9.17) is 23.7 Å². The van der Waals surface area contributed by atoms with Gasteiger partial charge in [0.2, 0.25) is 5.91 Å². The van der Waals surface area contributed by atoms with E-state index in [1.165, 1.54) is 27.4 Å². The fourth-order valence-corrected chi connectivity index (χ4v) is 3.90. The highest BCUT2D eigenvalue weighted by molar-refractivity contribution is 7.18. The van der Waals surface area contributed by atoms with Gasteiger partial charge in [-0.2, -0.15) is 0 Å². The molecule has 0 saturated heterocycles. The third-order valence-electron chi connectivity index (χ3n) is 4.40. The quantitative estimate of drug-likeness (QED) is 0.296. The lowest BCUT2D eigenvalue weighted by atomic mass is 10.1. The van der Waals surface area contributed by atoms with Crippen LogP contribution in [0.2, 0.25) is 0 Å². The Kier molecular flexibility index (Phi) is 9.89. The molecular formula is C23H27NO8S. The fourth-order valence-electron chi connectivity index (χ4n) is 2.81. The lowest BCUT2D eigenvalue weighted by Gasteiger charge is -2.07. The Balaban J connectivity index is 2.26. The van der Waals surface area contributed by atoms with Crippen LogP contribution in [0, 0.1) is 6.92 Å². The van der Waals surface area contributed by atoms with Crippen LogP contribution in [-0.4, -0.2) is 59.0 Å². The van der Waals surface area contributed by atoms with Crippen molar-refractivity contribution in [1.82, 2.24) is 0 Å². The van der Waals surface area contributed by atoms with Gasteiger partial charge in [-0.1, -0.05) is 6.07 Å². The Bertz CT molecular complexity index is 1030. The maximum atomic E-state index is 12.6. The highest BCUT2D eigenvalue weighted by Crippen LogP contribution is 2.34. The van der Waals surface area contributed by atoms with Crippen molar-refractivity contribution in [2.24, 2.45) is 0 Å². The third kappa shape index (κ3) is 6.80. The summed E-state index contributed by atoms with van der Waals surface area (Å²) in [6.07, 6.45) is 2.89. The number of ether oxygens (including phenoxy) is 5. The summed E-state index contributed by atoms with van der Waals surface area (Å²) in [4.78, 5) is 37.7. The van der Waals surface area contributed by atoms with Crippen molar-refractivity contribution in [3.05, 3.63) is 45.8 Å². The molecule has 0 atom stereocenters. The van der Waals surface area contributed by atoms with E-state index >= 15 is 0 Å². The molecule has 10 heteroatoms. The number of nitrogens with one attached hydrogen (secondary N) is 1. The summed E-state index contributed by atoms with van der Waals surface area (Å²) in [5.74, 6) is -0.647. The number of esters is 2. The zero-order chi connectivity index (χ0) is 24.4. The van der Waals surface area contributed by atoms with E-state index in [-0.39, 0.29) is 35.3 Å². The molecule has 0 spiro atoms. The zero-order valence-corrected chi connectivity index (χ0v) is 20.0. The topological polar surface area (TPSA) is 109 Å². The second kappa shape index (κ2) is 12.6. The number of hydrogen-bond acceptors (Lipinski definition) is 9. The third-order valence-corrected chi connectivity index (χ3v) is 5.59. The molecule has 33 heavy (non-hydrogen) atoms. The Morgan fingerprint density at radius 1 is 1.00 bits per heavy atom. The van der Waals surface area contributed by atoms with E-state index in [1.54, 1.807) is 38.1 Å². The van der Waals surface area contributed by atoms with Crippen LogP contribution in [0.5, 0.6) is 11.5 Å². The van der Waals surface area contributed by atoms with Crippen LogP contribution < -0.4 is 14.8 Å². The van der Waals surface area contributed by atoms with Gasteiger partial charge in [0.15, 0.2) is 11.5 Å². The van der Waals surface area contributed by atoms with E-state index in [2.05, 4.69) is 5.32 Å². The van der Waals surface area contributed by atoms with Gasteiger partial charge < -0.3 is 29.0 Å². The second-order valence-corrected chi connectivity index (χ2v) is 7.57. The molecule has 0 radical (unpaired) electrons. The number of hydrogen-bond donors (Lipinski definition) is 1. The summed E-state index contributed by atoms with van der Waals surface area (Å²) >= 11 is 0.949. The molecule has 0 aliphatic carbocycles. The Labute approximate surface area is 196 Å². The number of benzene rings is 1. The van der Waals surface area contributed by atoms with E-state index in [0.717, 1.165) is 11.3 Å². The minimum absolute atomic E-state index is 0.0666. The molecule has 2 aromatic rings. The number of anilines is 1. The van der Waals surface area contributed by atoms with Crippen LogP contribution in [0.3, 0.4) is 0 Å². The van der Waals surface area contributed by atoms with Gasteiger partial charge in [-0.05, 0) is 43.2 Å². The van der Waals surface area contributed by atoms with Gasteiger partial charge >= 0.3 is 11.9 Å². The molecule has 9 nitrogen and oxygen atoms in total. The number of amides is 1. The average molecular weight is 478 g/mol. The van der Waals surface area contributed by atoms with Gasteiger partial charge in [-0.3, -0.25) is 4.79 Å². The van der Waals surface area contributed by atoms with Crippen LogP contribution in [0.4, 0.5) is 5.00 Å². The standard InChI is InChI=1S/C23H27NO8S/c1-6-31-22(26)19-14(2)20(23(27)32-12-11-28-3)33-21(19)24-18(25)10-8-15-7-9-16(29-4)17(13-15)30-5/h7-10,13H,6,11-12H2,1-5H3,(H,24,25)/b10-8+. The number of thiophene rings is 1. The summed E-state index contributed by atoms with van der Waals surface area (Å²) < 4.78 is 25.6. The minimum Gasteiger partial charge on any atom is -0.493 e. The molecule has 0 bridgehead atoms. The Morgan fingerprint density at radius 3 is 2.36 bits per heavy atom. The first-order valence-electron chi connectivity index (χ1n) is 10.0. The first-order chi connectivity index (χ1) is 15.9. The lowest BCUT2D eigenvalue weighted by Crippen LogP contribution is -2.13. The summed E-state index contributed by atoms with van der Waals surface area (Å²) in [6.45, 7) is 3.73. The highest BCUT2D eigenvalue weighted by atomic mass is 32.1. The normalized spacial score (nSPS) is 10.7. The molecule has 1 heterocycles. The van der Waals surface area contributed by atoms with Crippen molar-refractivity contribution >= 4 is 40.3 Å². The summed E-state index contributed by atoms with van der Waals surface area (Å²) in [6, 6.07) is 5.20. The van der Waals surface area contributed by atoms with Crippen LogP contribution in [-0.2, 0) is 19.0 Å². The monoisotopic (exact) mass is 477 g/mol. The molecule has 2 rings (SSSR count). The molecule has 1 aromatic carbocycles. The number of carbonyl (C=O) groups excluding carboxylic acids is 3. The minimum atomic E-state index is -0.638.